The molecular weight excluding hydrogens is 288 g/mol. The summed E-state index contributed by atoms with van der Waals surface area (Å²) in [7, 11) is -3.72. The van der Waals surface area contributed by atoms with E-state index in [9.17, 15) is 13.5 Å². The van der Waals surface area contributed by atoms with E-state index in [1.807, 2.05) is 0 Å². The van der Waals surface area contributed by atoms with Crippen molar-refractivity contribution < 1.29 is 13.5 Å². The monoisotopic (exact) mass is 302 g/mol. The Morgan fingerprint density at radius 1 is 1.37 bits per heavy atom. The van der Waals surface area contributed by atoms with Gasteiger partial charge >= 0.3 is 0 Å². The van der Waals surface area contributed by atoms with Crippen molar-refractivity contribution in [2.75, 3.05) is 18.8 Å². The highest BCUT2D eigenvalue weighted by atomic mass is 35.5. The Hall–Kier alpha value is -0.820. The fourth-order valence-electron chi connectivity index (χ4n) is 2.54. The minimum Gasteiger partial charge on any atom is -0.398 e. The van der Waals surface area contributed by atoms with Gasteiger partial charge in [0.15, 0.2) is 0 Å². The van der Waals surface area contributed by atoms with E-state index in [-0.39, 0.29) is 34.6 Å². The second-order valence-corrected chi connectivity index (χ2v) is 7.59. The summed E-state index contributed by atoms with van der Waals surface area (Å²) in [5, 5.41) is 10.3. The maximum Gasteiger partial charge on any atom is 0.246 e. The Bertz CT molecular complexity index is 602. The van der Waals surface area contributed by atoms with Crippen LogP contribution in [0.15, 0.2) is 23.1 Å². The lowest BCUT2D eigenvalue weighted by molar-refractivity contribution is -0.0764. The van der Waals surface area contributed by atoms with Gasteiger partial charge in [-0.3, -0.25) is 0 Å². The number of halogens is 1. The van der Waals surface area contributed by atoms with Crippen LogP contribution in [0.5, 0.6) is 0 Å². The molecule has 0 aromatic heterocycles. The highest BCUT2D eigenvalue weighted by molar-refractivity contribution is 7.89. The molecule has 1 aromatic carbocycles. The molecule has 2 aliphatic rings. The molecule has 0 amide bonds. The average Bonchev–Trinajstić information content (AvgIpc) is 3.07. The van der Waals surface area contributed by atoms with Crippen LogP contribution in [-0.4, -0.2) is 36.5 Å². The second kappa shape index (κ2) is 4.09. The van der Waals surface area contributed by atoms with Gasteiger partial charge in [0.2, 0.25) is 10.0 Å². The van der Waals surface area contributed by atoms with E-state index >= 15 is 0 Å². The number of hydrogen-bond acceptors (Lipinski definition) is 4. The number of aliphatic hydroxyl groups is 1. The normalized spacial score (nSPS) is 23.1. The summed E-state index contributed by atoms with van der Waals surface area (Å²) in [5.74, 6) is 0.238. The van der Waals surface area contributed by atoms with Gasteiger partial charge in [-0.2, -0.15) is 4.31 Å². The third-order valence-electron chi connectivity index (χ3n) is 3.83. The van der Waals surface area contributed by atoms with Gasteiger partial charge in [-0.25, -0.2) is 8.42 Å². The molecule has 1 saturated heterocycles. The Kier molecular flexibility index (Phi) is 2.83. The number of anilines is 1. The van der Waals surface area contributed by atoms with E-state index in [0.717, 1.165) is 12.8 Å². The van der Waals surface area contributed by atoms with Crippen molar-refractivity contribution in [2.24, 2.45) is 5.92 Å². The van der Waals surface area contributed by atoms with E-state index < -0.39 is 15.6 Å². The van der Waals surface area contributed by atoms with E-state index in [0.29, 0.717) is 0 Å². The fourth-order valence-corrected chi connectivity index (χ4v) is 4.74. The number of sulfonamides is 1. The van der Waals surface area contributed by atoms with Crippen LogP contribution in [0.2, 0.25) is 5.02 Å². The quantitative estimate of drug-likeness (QED) is 0.818. The van der Waals surface area contributed by atoms with Crippen LogP contribution in [0, 0.1) is 5.92 Å². The number of rotatable bonds is 3. The molecule has 0 bridgehead atoms. The maximum atomic E-state index is 12.4. The Balaban J connectivity index is 1.88. The summed E-state index contributed by atoms with van der Waals surface area (Å²) in [6, 6.07) is 4.61. The van der Waals surface area contributed by atoms with Gasteiger partial charge < -0.3 is 10.8 Å². The van der Waals surface area contributed by atoms with E-state index in [1.54, 1.807) is 6.07 Å². The van der Waals surface area contributed by atoms with Crippen LogP contribution in [0.4, 0.5) is 5.69 Å². The van der Waals surface area contributed by atoms with Gasteiger partial charge in [-0.05, 0) is 30.9 Å². The van der Waals surface area contributed by atoms with Crippen LogP contribution in [-0.2, 0) is 10.0 Å². The van der Waals surface area contributed by atoms with Crippen molar-refractivity contribution >= 4 is 27.3 Å². The summed E-state index contributed by atoms with van der Waals surface area (Å²) >= 11 is 5.94. The minimum absolute atomic E-state index is 0.0606. The Morgan fingerprint density at radius 2 is 2.00 bits per heavy atom. The van der Waals surface area contributed by atoms with Gasteiger partial charge in [-0.15, -0.1) is 0 Å². The number of β-amino-alcohol motifs (C(OH)–C–C–N with tert-alkyl or cyclic N) is 1. The third kappa shape index (κ3) is 2.03. The summed E-state index contributed by atoms with van der Waals surface area (Å²) < 4.78 is 26.1. The minimum atomic E-state index is -3.72. The standard InChI is InChI=1S/C12H15ClN2O3S/c13-9-2-1-3-10(14)11(9)19(17,18)15-6-12(16,7-15)8-4-5-8/h1-3,8,16H,4-7,14H2. The molecule has 2 fully saturated rings. The predicted molar refractivity (Wildman–Crippen MR) is 72.3 cm³/mol. The van der Waals surface area contributed by atoms with Crippen molar-refractivity contribution in [1.29, 1.82) is 0 Å². The first-order valence-corrected chi connectivity index (χ1v) is 7.93. The molecule has 19 heavy (non-hydrogen) atoms. The molecule has 1 aliphatic carbocycles. The molecule has 3 rings (SSSR count). The topological polar surface area (TPSA) is 83.6 Å². The molecule has 0 unspecified atom stereocenters. The smallest absolute Gasteiger partial charge is 0.246 e. The predicted octanol–water partition coefficient (Wildman–Crippen LogP) is 1.07. The van der Waals surface area contributed by atoms with Gasteiger partial charge in [0.1, 0.15) is 4.90 Å². The van der Waals surface area contributed by atoms with Gasteiger partial charge in [0.25, 0.3) is 0 Å². The van der Waals surface area contributed by atoms with Crippen molar-refractivity contribution in [3.8, 4) is 0 Å². The number of hydrogen-bond donors (Lipinski definition) is 2. The molecule has 104 valence electrons. The zero-order valence-corrected chi connectivity index (χ0v) is 11.8. The molecule has 7 heteroatoms. The molecular formula is C12H15ClN2O3S. The van der Waals surface area contributed by atoms with Crippen molar-refractivity contribution in [2.45, 2.75) is 23.3 Å². The molecule has 1 aromatic rings. The molecule has 0 spiro atoms. The van der Waals surface area contributed by atoms with Crippen LogP contribution in [0.1, 0.15) is 12.8 Å². The summed E-state index contributed by atoms with van der Waals surface area (Å²) in [6.07, 6.45) is 1.94. The van der Waals surface area contributed by atoms with Gasteiger partial charge in [0, 0.05) is 13.1 Å². The summed E-state index contributed by atoms with van der Waals surface area (Å²) in [5.41, 5.74) is 4.99. The number of nitrogen functional groups attached to an aromatic ring is 1. The number of nitrogens with zero attached hydrogens (tertiary/aromatic N) is 1. The largest absolute Gasteiger partial charge is 0.398 e. The van der Waals surface area contributed by atoms with Gasteiger partial charge in [0.05, 0.1) is 16.3 Å². The first-order valence-electron chi connectivity index (χ1n) is 6.11. The first kappa shape index (κ1) is 13.2. The number of nitrogens with two attached hydrogens (primary N) is 1. The highest BCUT2D eigenvalue weighted by Gasteiger charge is 2.55. The summed E-state index contributed by atoms with van der Waals surface area (Å²) in [4.78, 5) is -0.0606. The van der Waals surface area contributed by atoms with Crippen LogP contribution >= 0.6 is 11.6 Å². The molecule has 1 saturated carbocycles. The molecule has 3 N–H and O–H groups in total. The molecule has 1 aliphatic heterocycles. The van der Waals surface area contributed by atoms with E-state index in [4.69, 9.17) is 17.3 Å². The molecule has 0 radical (unpaired) electrons. The number of benzene rings is 1. The summed E-state index contributed by atoms with van der Waals surface area (Å²) in [6.45, 7) is 0.259. The lowest BCUT2D eigenvalue weighted by Crippen LogP contribution is -2.64. The zero-order chi connectivity index (χ0) is 13.8. The molecule has 1 heterocycles. The molecule has 0 atom stereocenters. The highest BCUT2D eigenvalue weighted by Crippen LogP contribution is 2.46. The van der Waals surface area contributed by atoms with Crippen molar-refractivity contribution in [3.05, 3.63) is 23.2 Å². The SMILES string of the molecule is Nc1cccc(Cl)c1S(=O)(=O)N1CC(O)(C2CC2)C1. The lowest BCUT2D eigenvalue weighted by atomic mass is 9.91. The van der Waals surface area contributed by atoms with Gasteiger partial charge in [-0.1, -0.05) is 17.7 Å². The van der Waals surface area contributed by atoms with E-state index in [2.05, 4.69) is 0 Å². The Morgan fingerprint density at radius 3 is 2.53 bits per heavy atom. The average molecular weight is 303 g/mol. The maximum absolute atomic E-state index is 12.4. The molecule has 5 nitrogen and oxygen atoms in total. The van der Waals surface area contributed by atoms with Crippen LogP contribution in [0.25, 0.3) is 0 Å². The van der Waals surface area contributed by atoms with Crippen molar-refractivity contribution in [3.63, 3.8) is 0 Å². The first-order chi connectivity index (χ1) is 8.84. The third-order valence-corrected chi connectivity index (χ3v) is 6.17. The zero-order valence-electron chi connectivity index (χ0n) is 10.2. The lowest BCUT2D eigenvalue weighted by Gasteiger charge is -2.45. The van der Waals surface area contributed by atoms with Crippen LogP contribution in [0.3, 0.4) is 0 Å². The second-order valence-electron chi connectivity index (χ2n) is 5.31. The van der Waals surface area contributed by atoms with Crippen molar-refractivity contribution in [1.82, 2.24) is 4.31 Å². The fraction of sp³-hybridized carbons (Fsp3) is 0.500. The van der Waals surface area contributed by atoms with Crippen LogP contribution < -0.4 is 5.73 Å². The Labute approximate surface area is 117 Å². The van der Waals surface area contributed by atoms with E-state index in [1.165, 1.54) is 16.4 Å².